The van der Waals surface area contributed by atoms with Gasteiger partial charge < -0.3 is 10.2 Å². The van der Waals surface area contributed by atoms with Gasteiger partial charge in [-0.1, -0.05) is 20.3 Å². The van der Waals surface area contributed by atoms with Crippen LogP contribution >= 0.6 is 0 Å². The fraction of sp³-hybridized carbons (Fsp3) is 1.00. The SMILES string of the molecule is CNC(CN1CCCCC1)C(C)C. The lowest BCUT2D eigenvalue weighted by atomic mass is 10.0. The molecule has 0 saturated carbocycles. The Balaban J connectivity index is 2.27. The molecule has 1 fully saturated rings. The molecule has 0 aromatic rings. The van der Waals surface area contributed by atoms with E-state index in [1.165, 1.54) is 38.9 Å². The topological polar surface area (TPSA) is 15.3 Å². The first-order valence-electron chi connectivity index (χ1n) is 5.63. The quantitative estimate of drug-likeness (QED) is 0.715. The number of piperidine rings is 1. The molecule has 1 N–H and O–H groups in total. The van der Waals surface area contributed by atoms with Crippen molar-refractivity contribution in [3.63, 3.8) is 0 Å². The van der Waals surface area contributed by atoms with E-state index in [1.54, 1.807) is 0 Å². The fourth-order valence-electron chi connectivity index (χ4n) is 2.06. The minimum Gasteiger partial charge on any atom is -0.315 e. The lowest BCUT2D eigenvalue weighted by molar-refractivity contribution is 0.191. The molecule has 0 aliphatic carbocycles. The van der Waals surface area contributed by atoms with Gasteiger partial charge in [-0.05, 0) is 38.9 Å². The van der Waals surface area contributed by atoms with Crippen molar-refractivity contribution in [2.75, 3.05) is 26.7 Å². The Bertz CT molecular complexity index is 128. The van der Waals surface area contributed by atoms with Gasteiger partial charge in [-0.2, -0.15) is 0 Å². The fourth-order valence-corrected chi connectivity index (χ4v) is 2.06. The number of hydrogen-bond acceptors (Lipinski definition) is 2. The summed E-state index contributed by atoms with van der Waals surface area (Å²) in [6, 6.07) is 0.665. The molecule has 0 radical (unpaired) electrons. The average Bonchev–Trinajstić information content (AvgIpc) is 2.15. The lowest BCUT2D eigenvalue weighted by Gasteiger charge is -2.31. The highest BCUT2D eigenvalue weighted by Gasteiger charge is 2.17. The van der Waals surface area contributed by atoms with Crippen molar-refractivity contribution in [2.24, 2.45) is 5.92 Å². The van der Waals surface area contributed by atoms with Gasteiger partial charge in [-0.25, -0.2) is 0 Å². The van der Waals surface area contributed by atoms with Gasteiger partial charge in [-0.15, -0.1) is 0 Å². The maximum absolute atomic E-state index is 3.41. The Labute approximate surface area is 82.7 Å². The Hall–Kier alpha value is -0.0800. The third-order valence-corrected chi connectivity index (χ3v) is 3.08. The van der Waals surface area contributed by atoms with E-state index in [9.17, 15) is 0 Å². The lowest BCUT2D eigenvalue weighted by Crippen LogP contribution is -2.44. The molecule has 1 aliphatic heterocycles. The molecular weight excluding hydrogens is 160 g/mol. The summed E-state index contributed by atoms with van der Waals surface area (Å²) in [5.41, 5.74) is 0. The Kier molecular flexibility index (Phi) is 4.74. The second-order valence-electron chi connectivity index (χ2n) is 4.50. The molecule has 1 rings (SSSR count). The van der Waals surface area contributed by atoms with Crippen molar-refractivity contribution in [1.82, 2.24) is 10.2 Å². The monoisotopic (exact) mass is 184 g/mol. The third kappa shape index (κ3) is 3.65. The number of nitrogens with one attached hydrogen (secondary N) is 1. The highest BCUT2D eigenvalue weighted by Crippen LogP contribution is 2.11. The number of likely N-dealkylation sites (N-methyl/N-ethyl adjacent to an activating group) is 1. The molecule has 2 heteroatoms. The zero-order valence-electron chi connectivity index (χ0n) is 9.34. The van der Waals surface area contributed by atoms with E-state index < -0.39 is 0 Å². The maximum Gasteiger partial charge on any atom is 0.0214 e. The summed E-state index contributed by atoms with van der Waals surface area (Å²) in [7, 11) is 2.08. The van der Waals surface area contributed by atoms with Crippen molar-refractivity contribution < 1.29 is 0 Å². The summed E-state index contributed by atoms with van der Waals surface area (Å²) < 4.78 is 0. The van der Waals surface area contributed by atoms with E-state index in [1.807, 2.05) is 0 Å². The largest absolute Gasteiger partial charge is 0.315 e. The van der Waals surface area contributed by atoms with Crippen LogP contribution in [0.25, 0.3) is 0 Å². The predicted octanol–water partition coefficient (Wildman–Crippen LogP) is 1.72. The van der Waals surface area contributed by atoms with Crippen molar-refractivity contribution in [1.29, 1.82) is 0 Å². The molecule has 1 heterocycles. The van der Waals surface area contributed by atoms with Gasteiger partial charge in [0.15, 0.2) is 0 Å². The Morgan fingerprint density at radius 3 is 2.23 bits per heavy atom. The number of hydrogen-bond donors (Lipinski definition) is 1. The van der Waals surface area contributed by atoms with Crippen LogP contribution in [0.15, 0.2) is 0 Å². The first-order valence-corrected chi connectivity index (χ1v) is 5.63. The van der Waals surface area contributed by atoms with Crippen LogP contribution in [-0.4, -0.2) is 37.6 Å². The zero-order chi connectivity index (χ0) is 9.68. The standard InChI is InChI=1S/C11H24N2/c1-10(2)11(12-3)9-13-7-5-4-6-8-13/h10-12H,4-9H2,1-3H3. The first-order chi connectivity index (χ1) is 6.24. The van der Waals surface area contributed by atoms with E-state index in [4.69, 9.17) is 0 Å². The summed E-state index contributed by atoms with van der Waals surface area (Å²) in [6.45, 7) is 8.44. The molecule has 0 aromatic carbocycles. The summed E-state index contributed by atoms with van der Waals surface area (Å²) in [5, 5.41) is 3.41. The molecule has 1 atom stereocenters. The molecule has 13 heavy (non-hydrogen) atoms. The van der Waals surface area contributed by atoms with Gasteiger partial charge >= 0.3 is 0 Å². The van der Waals surface area contributed by atoms with Crippen molar-refractivity contribution >= 4 is 0 Å². The smallest absolute Gasteiger partial charge is 0.0214 e. The minimum atomic E-state index is 0.665. The molecule has 0 bridgehead atoms. The molecule has 0 spiro atoms. The van der Waals surface area contributed by atoms with Gasteiger partial charge in [0, 0.05) is 12.6 Å². The van der Waals surface area contributed by atoms with Crippen LogP contribution in [0.4, 0.5) is 0 Å². The van der Waals surface area contributed by atoms with Crippen molar-refractivity contribution in [2.45, 2.75) is 39.2 Å². The number of likely N-dealkylation sites (tertiary alicyclic amines) is 1. The predicted molar refractivity (Wildman–Crippen MR) is 58.0 cm³/mol. The number of rotatable bonds is 4. The summed E-state index contributed by atoms with van der Waals surface area (Å²) in [5.74, 6) is 0.743. The van der Waals surface area contributed by atoms with Crippen LogP contribution in [-0.2, 0) is 0 Å². The van der Waals surface area contributed by atoms with Crippen LogP contribution in [0, 0.1) is 5.92 Å². The second kappa shape index (κ2) is 5.61. The highest BCUT2D eigenvalue weighted by atomic mass is 15.1. The highest BCUT2D eigenvalue weighted by molar-refractivity contribution is 4.75. The van der Waals surface area contributed by atoms with E-state index in [0.717, 1.165) is 5.92 Å². The molecule has 1 unspecified atom stereocenters. The van der Waals surface area contributed by atoms with Crippen LogP contribution in [0.2, 0.25) is 0 Å². The van der Waals surface area contributed by atoms with Crippen molar-refractivity contribution in [3.8, 4) is 0 Å². The molecule has 78 valence electrons. The third-order valence-electron chi connectivity index (χ3n) is 3.08. The van der Waals surface area contributed by atoms with Crippen LogP contribution < -0.4 is 5.32 Å². The minimum absolute atomic E-state index is 0.665. The number of nitrogens with zero attached hydrogens (tertiary/aromatic N) is 1. The second-order valence-corrected chi connectivity index (χ2v) is 4.50. The van der Waals surface area contributed by atoms with E-state index in [2.05, 4.69) is 31.1 Å². The molecule has 1 saturated heterocycles. The van der Waals surface area contributed by atoms with Crippen LogP contribution in [0.5, 0.6) is 0 Å². The van der Waals surface area contributed by atoms with E-state index in [0.29, 0.717) is 6.04 Å². The van der Waals surface area contributed by atoms with Gasteiger partial charge in [0.25, 0.3) is 0 Å². The van der Waals surface area contributed by atoms with Crippen LogP contribution in [0.3, 0.4) is 0 Å². The molecule has 2 nitrogen and oxygen atoms in total. The molecular formula is C11H24N2. The van der Waals surface area contributed by atoms with Gasteiger partial charge in [0.2, 0.25) is 0 Å². The normalized spacial score (nSPS) is 22.2. The molecule has 1 aliphatic rings. The maximum atomic E-state index is 3.41. The average molecular weight is 184 g/mol. The van der Waals surface area contributed by atoms with Gasteiger partial charge in [0.05, 0.1) is 0 Å². The van der Waals surface area contributed by atoms with E-state index in [-0.39, 0.29) is 0 Å². The molecule has 0 amide bonds. The van der Waals surface area contributed by atoms with Crippen LogP contribution in [0.1, 0.15) is 33.1 Å². The molecule has 0 aromatic heterocycles. The van der Waals surface area contributed by atoms with E-state index >= 15 is 0 Å². The summed E-state index contributed by atoms with van der Waals surface area (Å²) >= 11 is 0. The summed E-state index contributed by atoms with van der Waals surface area (Å²) in [4.78, 5) is 2.60. The summed E-state index contributed by atoms with van der Waals surface area (Å²) in [6.07, 6.45) is 4.23. The van der Waals surface area contributed by atoms with Gasteiger partial charge in [-0.3, -0.25) is 0 Å². The van der Waals surface area contributed by atoms with Crippen molar-refractivity contribution in [3.05, 3.63) is 0 Å². The van der Waals surface area contributed by atoms with Gasteiger partial charge in [0.1, 0.15) is 0 Å². The Morgan fingerprint density at radius 1 is 1.15 bits per heavy atom. The Morgan fingerprint density at radius 2 is 1.77 bits per heavy atom. The zero-order valence-corrected chi connectivity index (χ0v) is 9.34. The first kappa shape index (κ1) is 11.0.